The number of hydrogen-bond acceptors (Lipinski definition) is 4. The molecule has 1 heterocycles. The van der Waals surface area contributed by atoms with E-state index in [1.165, 1.54) is 0 Å². The SMILES string of the molecule is Cc1nnc(N=[N+]=[N-])nc1C. The van der Waals surface area contributed by atoms with Crippen LogP contribution in [0.3, 0.4) is 0 Å². The molecule has 0 fully saturated rings. The Kier molecular flexibility index (Phi) is 1.98. The third kappa shape index (κ3) is 1.62. The van der Waals surface area contributed by atoms with Gasteiger partial charge in [0.05, 0.1) is 11.4 Å². The Balaban J connectivity index is 3.14. The van der Waals surface area contributed by atoms with Gasteiger partial charge in [-0.05, 0) is 24.5 Å². The van der Waals surface area contributed by atoms with Crippen LogP contribution in [0.5, 0.6) is 0 Å². The van der Waals surface area contributed by atoms with Crippen LogP contribution in [0.4, 0.5) is 5.95 Å². The maximum absolute atomic E-state index is 8.03. The van der Waals surface area contributed by atoms with Gasteiger partial charge in [-0.25, -0.2) is 4.98 Å². The van der Waals surface area contributed by atoms with E-state index in [4.69, 9.17) is 5.53 Å². The smallest absolute Gasteiger partial charge is 0.229 e. The lowest BCUT2D eigenvalue weighted by Gasteiger charge is -1.94. The lowest BCUT2D eigenvalue weighted by Crippen LogP contribution is -1.93. The molecule has 1 rings (SSSR count). The fraction of sp³-hybridized carbons (Fsp3) is 0.400. The van der Waals surface area contributed by atoms with E-state index >= 15 is 0 Å². The summed E-state index contributed by atoms with van der Waals surface area (Å²) < 4.78 is 0. The molecular weight excluding hydrogens is 144 g/mol. The number of azide groups is 1. The first-order valence-electron chi connectivity index (χ1n) is 2.97. The molecule has 11 heavy (non-hydrogen) atoms. The molecule has 1 aromatic rings. The van der Waals surface area contributed by atoms with E-state index in [9.17, 15) is 0 Å². The van der Waals surface area contributed by atoms with Crippen molar-refractivity contribution in [3.63, 3.8) is 0 Å². The average Bonchev–Trinajstić information content (AvgIpc) is 1.98. The van der Waals surface area contributed by atoms with Gasteiger partial charge in [0.1, 0.15) is 0 Å². The zero-order valence-corrected chi connectivity index (χ0v) is 6.18. The Labute approximate surface area is 62.9 Å². The van der Waals surface area contributed by atoms with Crippen molar-refractivity contribution in [1.29, 1.82) is 0 Å². The zero-order chi connectivity index (χ0) is 8.27. The first-order chi connectivity index (χ1) is 5.24. The second-order valence-corrected chi connectivity index (χ2v) is 1.97. The summed E-state index contributed by atoms with van der Waals surface area (Å²) in [5.41, 5.74) is 9.49. The second kappa shape index (κ2) is 2.94. The van der Waals surface area contributed by atoms with Gasteiger partial charge >= 0.3 is 0 Å². The molecule has 0 radical (unpaired) electrons. The van der Waals surface area contributed by atoms with E-state index in [0.29, 0.717) is 0 Å². The van der Waals surface area contributed by atoms with Gasteiger partial charge in [0.15, 0.2) is 0 Å². The van der Waals surface area contributed by atoms with Gasteiger partial charge in [0.2, 0.25) is 5.95 Å². The number of hydrogen-bond donors (Lipinski definition) is 0. The van der Waals surface area contributed by atoms with Crippen molar-refractivity contribution in [3.8, 4) is 0 Å². The molecular formula is C5H6N6. The van der Waals surface area contributed by atoms with Crippen molar-refractivity contribution >= 4 is 5.95 Å². The summed E-state index contributed by atoms with van der Waals surface area (Å²) >= 11 is 0. The fourth-order valence-corrected chi connectivity index (χ4v) is 0.528. The second-order valence-electron chi connectivity index (χ2n) is 1.97. The molecule has 0 aromatic carbocycles. The predicted octanol–water partition coefficient (Wildman–Crippen LogP) is 1.43. The monoisotopic (exact) mass is 150 g/mol. The third-order valence-electron chi connectivity index (χ3n) is 1.21. The van der Waals surface area contributed by atoms with Gasteiger partial charge in [-0.2, -0.15) is 5.10 Å². The maximum atomic E-state index is 8.03. The Hall–Kier alpha value is -1.68. The van der Waals surface area contributed by atoms with Crippen molar-refractivity contribution in [2.45, 2.75) is 13.8 Å². The van der Waals surface area contributed by atoms with Gasteiger partial charge in [-0.1, -0.05) is 0 Å². The maximum Gasteiger partial charge on any atom is 0.238 e. The van der Waals surface area contributed by atoms with E-state index in [0.717, 1.165) is 11.4 Å². The standard InChI is InChI=1S/C5H6N6/c1-3-4(2)8-9-5(7-3)10-11-6/h1-2H3. The van der Waals surface area contributed by atoms with Gasteiger partial charge in [0.25, 0.3) is 0 Å². The molecule has 0 saturated carbocycles. The first-order valence-corrected chi connectivity index (χ1v) is 2.97. The Morgan fingerprint density at radius 3 is 2.55 bits per heavy atom. The first kappa shape index (κ1) is 7.43. The van der Waals surface area contributed by atoms with E-state index < -0.39 is 0 Å². The molecule has 6 nitrogen and oxygen atoms in total. The summed E-state index contributed by atoms with van der Waals surface area (Å²) in [5, 5.41) is 10.5. The minimum Gasteiger partial charge on any atom is -0.229 e. The van der Waals surface area contributed by atoms with Crippen LogP contribution >= 0.6 is 0 Å². The highest BCUT2D eigenvalue weighted by molar-refractivity contribution is 5.16. The molecule has 0 amide bonds. The van der Waals surface area contributed by atoms with E-state index in [1.807, 2.05) is 0 Å². The highest BCUT2D eigenvalue weighted by atomic mass is 15.3. The molecule has 0 unspecified atom stereocenters. The Bertz CT molecular complexity index is 313. The average molecular weight is 150 g/mol. The molecule has 0 spiro atoms. The quantitative estimate of drug-likeness (QED) is 0.344. The molecule has 0 bridgehead atoms. The molecule has 1 aromatic heterocycles. The molecule has 0 saturated heterocycles. The lowest BCUT2D eigenvalue weighted by molar-refractivity contribution is 0.891. The van der Waals surface area contributed by atoms with Crippen LogP contribution in [0.1, 0.15) is 11.4 Å². The van der Waals surface area contributed by atoms with Crippen LogP contribution in [0, 0.1) is 13.8 Å². The molecule has 0 aliphatic heterocycles. The highest BCUT2D eigenvalue weighted by Crippen LogP contribution is 2.04. The van der Waals surface area contributed by atoms with Crippen molar-refractivity contribution in [2.75, 3.05) is 0 Å². The molecule has 0 N–H and O–H groups in total. The van der Waals surface area contributed by atoms with Crippen LogP contribution in [0.2, 0.25) is 0 Å². The number of nitrogens with zero attached hydrogens (tertiary/aromatic N) is 6. The van der Waals surface area contributed by atoms with Crippen LogP contribution in [0.25, 0.3) is 10.4 Å². The van der Waals surface area contributed by atoms with Gasteiger partial charge in [-0.3, -0.25) is 0 Å². The summed E-state index contributed by atoms with van der Waals surface area (Å²) in [6, 6.07) is 0. The molecule has 0 atom stereocenters. The number of aryl methyl sites for hydroxylation is 2. The van der Waals surface area contributed by atoms with Crippen LogP contribution in [-0.4, -0.2) is 15.2 Å². The number of rotatable bonds is 1. The normalized spacial score (nSPS) is 8.91. The van der Waals surface area contributed by atoms with Crippen molar-refractivity contribution in [3.05, 3.63) is 21.8 Å². The Morgan fingerprint density at radius 2 is 2.00 bits per heavy atom. The summed E-state index contributed by atoms with van der Waals surface area (Å²) in [6.07, 6.45) is 0. The third-order valence-corrected chi connectivity index (χ3v) is 1.21. The van der Waals surface area contributed by atoms with Crippen molar-refractivity contribution in [1.82, 2.24) is 15.2 Å². The Morgan fingerprint density at radius 1 is 1.27 bits per heavy atom. The molecule has 0 aliphatic rings. The van der Waals surface area contributed by atoms with E-state index in [2.05, 4.69) is 25.2 Å². The van der Waals surface area contributed by atoms with E-state index in [-0.39, 0.29) is 5.95 Å². The van der Waals surface area contributed by atoms with Gasteiger partial charge in [-0.15, -0.1) is 5.10 Å². The van der Waals surface area contributed by atoms with E-state index in [1.54, 1.807) is 13.8 Å². The van der Waals surface area contributed by atoms with Crippen molar-refractivity contribution in [2.24, 2.45) is 5.11 Å². The molecule has 6 heteroatoms. The topological polar surface area (TPSA) is 87.4 Å². The summed E-state index contributed by atoms with van der Waals surface area (Å²) in [5.74, 6) is 0.0654. The van der Waals surface area contributed by atoms with Gasteiger partial charge < -0.3 is 0 Å². The highest BCUT2D eigenvalue weighted by Gasteiger charge is 1.97. The van der Waals surface area contributed by atoms with Gasteiger partial charge in [0, 0.05) is 4.91 Å². The largest absolute Gasteiger partial charge is 0.238 e. The predicted molar refractivity (Wildman–Crippen MR) is 38.1 cm³/mol. The van der Waals surface area contributed by atoms with Crippen LogP contribution in [0.15, 0.2) is 5.11 Å². The minimum absolute atomic E-state index is 0.0654. The molecule has 0 aliphatic carbocycles. The van der Waals surface area contributed by atoms with Crippen LogP contribution in [-0.2, 0) is 0 Å². The summed E-state index contributed by atoms with van der Waals surface area (Å²) in [7, 11) is 0. The van der Waals surface area contributed by atoms with Crippen LogP contribution < -0.4 is 0 Å². The minimum atomic E-state index is 0.0654. The number of aromatic nitrogens is 3. The lowest BCUT2D eigenvalue weighted by atomic mass is 10.4. The summed E-state index contributed by atoms with van der Waals surface area (Å²) in [4.78, 5) is 6.41. The zero-order valence-electron chi connectivity index (χ0n) is 6.18. The summed E-state index contributed by atoms with van der Waals surface area (Å²) in [6.45, 7) is 3.57. The fourth-order valence-electron chi connectivity index (χ4n) is 0.528. The van der Waals surface area contributed by atoms with Crippen molar-refractivity contribution < 1.29 is 0 Å². The molecule has 56 valence electrons.